The van der Waals surface area contributed by atoms with E-state index in [-0.39, 0.29) is 0 Å². The van der Waals surface area contributed by atoms with Crippen molar-refractivity contribution in [2.24, 2.45) is 0 Å². The Labute approximate surface area is 79.8 Å². The Balaban J connectivity index is 4.48. The molecule has 0 rings (SSSR count). The molecular formula is C11H15NO. The van der Waals surface area contributed by atoms with Crippen LogP contribution in [0.3, 0.4) is 0 Å². The summed E-state index contributed by atoms with van der Waals surface area (Å²) < 4.78 is 4.95. The molecule has 0 aromatic heterocycles. The molecule has 2 heteroatoms. The summed E-state index contributed by atoms with van der Waals surface area (Å²) in [6, 6.07) is 2.04. The van der Waals surface area contributed by atoms with E-state index < -0.39 is 6.10 Å². The van der Waals surface area contributed by atoms with Gasteiger partial charge in [0.1, 0.15) is 0 Å². The first-order chi connectivity index (χ1) is 6.15. The molecule has 0 fully saturated rings. The Morgan fingerprint density at radius 3 is 2.62 bits per heavy atom. The predicted molar refractivity (Wildman–Crippen MR) is 54.1 cm³/mol. The number of hydrogen-bond acceptors (Lipinski definition) is 2. The molecule has 1 unspecified atom stereocenters. The maximum atomic E-state index is 8.68. The van der Waals surface area contributed by atoms with Gasteiger partial charge in [0.2, 0.25) is 0 Å². The van der Waals surface area contributed by atoms with Gasteiger partial charge in [-0.05, 0) is 25.0 Å². The van der Waals surface area contributed by atoms with E-state index in [4.69, 9.17) is 10.00 Å². The number of methoxy groups -OCH3 is 1. The van der Waals surface area contributed by atoms with Gasteiger partial charge in [-0.3, -0.25) is 0 Å². The second-order valence-corrected chi connectivity index (χ2v) is 2.71. The number of nitrogens with zero attached hydrogens (tertiary/aromatic N) is 1. The van der Waals surface area contributed by atoms with E-state index in [9.17, 15) is 0 Å². The maximum Gasteiger partial charge on any atom is 0.164 e. The minimum Gasteiger partial charge on any atom is -0.362 e. The highest BCUT2D eigenvalue weighted by molar-refractivity contribution is 5.32. The average Bonchev–Trinajstić information content (AvgIpc) is 2.06. The van der Waals surface area contributed by atoms with Gasteiger partial charge in [0.05, 0.1) is 6.07 Å². The summed E-state index contributed by atoms with van der Waals surface area (Å²) in [5.74, 6) is 0. The van der Waals surface area contributed by atoms with Gasteiger partial charge in [-0.1, -0.05) is 24.8 Å². The van der Waals surface area contributed by atoms with Gasteiger partial charge in [0, 0.05) is 7.11 Å². The Kier molecular flexibility index (Phi) is 5.58. The fourth-order valence-corrected chi connectivity index (χ4v) is 0.971. The Hall–Kier alpha value is -1.33. The zero-order valence-electron chi connectivity index (χ0n) is 8.37. The fourth-order valence-electron chi connectivity index (χ4n) is 0.971. The van der Waals surface area contributed by atoms with Crippen LogP contribution in [0.25, 0.3) is 0 Å². The smallest absolute Gasteiger partial charge is 0.164 e. The van der Waals surface area contributed by atoms with Crippen LogP contribution < -0.4 is 0 Å². The lowest BCUT2D eigenvalue weighted by molar-refractivity contribution is 0.174. The molecule has 0 aliphatic heterocycles. The molecule has 0 saturated carbocycles. The van der Waals surface area contributed by atoms with Crippen LogP contribution in [0.4, 0.5) is 0 Å². The quantitative estimate of drug-likeness (QED) is 0.618. The van der Waals surface area contributed by atoms with E-state index in [0.29, 0.717) is 0 Å². The van der Waals surface area contributed by atoms with Crippen molar-refractivity contribution >= 4 is 0 Å². The Morgan fingerprint density at radius 2 is 2.23 bits per heavy atom. The molecule has 0 radical (unpaired) electrons. The van der Waals surface area contributed by atoms with Crippen molar-refractivity contribution in [1.82, 2.24) is 0 Å². The third-order valence-electron chi connectivity index (χ3n) is 1.56. The zero-order chi connectivity index (χ0) is 10.3. The lowest BCUT2D eigenvalue weighted by Crippen LogP contribution is -2.08. The van der Waals surface area contributed by atoms with Gasteiger partial charge in [-0.25, -0.2) is 0 Å². The van der Waals surface area contributed by atoms with Gasteiger partial charge >= 0.3 is 0 Å². The second kappa shape index (κ2) is 6.22. The number of allylic oxidation sites excluding steroid dienone is 4. The third-order valence-corrected chi connectivity index (χ3v) is 1.56. The number of nitriles is 1. The largest absolute Gasteiger partial charge is 0.362 e. The van der Waals surface area contributed by atoms with E-state index >= 15 is 0 Å². The van der Waals surface area contributed by atoms with Crippen molar-refractivity contribution < 1.29 is 4.74 Å². The second-order valence-electron chi connectivity index (χ2n) is 2.71. The molecule has 0 aliphatic carbocycles. The van der Waals surface area contributed by atoms with Gasteiger partial charge in [-0.2, -0.15) is 5.26 Å². The summed E-state index contributed by atoms with van der Waals surface area (Å²) in [4.78, 5) is 0. The van der Waals surface area contributed by atoms with Crippen molar-refractivity contribution in [3.63, 3.8) is 0 Å². The molecule has 70 valence electrons. The molecular weight excluding hydrogens is 162 g/mol. The number of ether oxygens (including phenoxy) is 1. The van der Waals surface area contributed by atoms with Crippen molar-refractivity contribution in [1.29, 1.82) is 5.26 Å². The predicted octanol–water partition coefficient (Wildman–Crippen LogP) is 2.60. The highest BCUT2D eigenvalue weighted by Crippen LogP contribution is 2.08. The molecule has 0 saturated heterocycles. The fraction of sp³-hybridized carbons (Fsp3) is 0.364. The highest BCUT2D eigenvalue weighted by Gasteiger charge is 2.06. The first-order valence-corrected chi connectivity index (χ1v) is 4.08. The number of hydrogen-bond donors (Lipinski definition) is 0. The minimum absolute atomic E-state index is 0.470. The first-order valence-electron chi connectivity index (χ1n) is 4.08. The first kappa shape index (κ1) is 11.7. The molecule has 0 spiro atoms. The lowest BCUT2D eigenvalue weighted by Gasteiger charge is -2.06. The van der Waals surface area contributed by atoms with Crippen LogP contribution in [0.15, 0.2) is 36.0 Å². The topological polar surface area (TPSA) is 33.0 Å². The van der Waals surface area contributed by atoms with Crippen molar-refractivity contribution in [2.45, 2.75) is 20.0 Å². The van der Waals surface area contributed by atoms with E-state index in [0.717, 1.165) is 11.1 Å². The molecule has 13 heavy (non-hydrogen) atoms. The summed E-state index contributed by atoms with van der Waals surface area (Å²) >= 11 is 0. The van der Waals surface area contributed by atoms with Crippen LogP contribution in [0.2, 0.25) is 0 Å². The number of rotatable bonds is 4. The zero-order valence-corrected chi connectivity index (χ0v) is 8.37. The summed E-state index contributed by atoms with van der Waals surface area (Å²) in [7, 11) is 1.52. The van der Waals surface area contributed by atoms with Gasteiger partial charge in [-0.15, -0.1) is 0 Å². The molecule has 0 amide bonds. The lowest BCUT2D eigenvalue weighted by atomic mass is 10.1. The summed E-state index contributed by atoms with van der Waals surface area (Å²) in [5, 5.41) is 8.68. The molecule has 0 aliphatic rings. The van der Waals surface area contributed by atoms with Crippen molar-refractivity contribution in [3.05, 3.63) is 36.0 Å². The van der Waals surface area contributed by atoms with E-state index in [1.54, 1.807) is 0 Å². The SMILES string of the molecule is C=C(/C=C\C)/C=C(\C)C(C#N)OC. The van der Waals surface area contributed by atoms with Gasteiger partial charge < -0.3 is 4.74 Å². The Bertz CT molecular complexity index is 268. The van der Waals surface area contributed by atoms with Gasteiger partial charge in [0.15, 0.2) is 6.10 Å². The maximum absolute atomic E-state index is 8.68. The molecule has 0 bridgehead atoms. The summed E-state index contributed by atoms with van der Waals surface area (Å²) in [6.07, 6.45) is 5.16. The monoisotopic (exact) mass is 177 g/mol. The molecule has 2 nitrogen and oxygen atoms in total. The van der Waals surface area contributed by atoms with Crippen LogP contribution in [0, 0.1) is 11.3 Å². The van der Waals surface area contributed by atoms with E-state index in [1.165, 1.54) is 7.11 Å². The van der Waals surface area contributed by atoms with Gasteiger partial charge in [0.25, 0.3) is 0 Å². The van der Waals surface area contributed by atoms with Crippen molar-refractivity contribution in [3.8, 4) is 6.07 Å². The van der Waals surface area contributed by atoms with E-state index in [1.807, 2.05) is 38.1 Å². The molecule has 0 heterocycles. The van der Waals surface area contributed by atoms with Crippen LogP contribution in [-0.2, 0) is 4.74 Å². The van der Waals surface area contributed by atoms with Crippen LogP contribution in [0.1, 0.15) is 13.8 Å². The normalized spacial score (nSPS) is 14.2. The van der Waals surface area contributed by atoms with Crippen LogP contribution in [-0.4, -0.2) is 13.2 Å². The Morgan fingerprint density at radius 1 is 1.62 bits per heavy atom. The van der Waals surface area contributed by atoms with Crippen molar-refractivity contribution in [2.75, 3.05) is 7.11 Å². The third kappa shape index (κ3) is 4.29. The molecule has 0 N–H and O–H groups in total. The highest BCUT2D eigenvalue weighted by atomic mass is 16.5. The minimum atomic E-state index is -0.470. The molecule has 1 atom stereocenters. The van der Waals surface area contributed by atoms with E-state index in [2.05, 4.69) is 6.58 Å². The van der Waals surface area contributed by atoms with Crippen LogP contribution in [0.5, 0.6) is 0 Å². The molecule has 0 aromatic rings. The average molecular weight is 177 g/mol. The summed E-state index contributed by atoms with van der Waals surface area (Å²) in [6.45, 7) is 7.58. The standard InChI is InChI=1S/C11H15NO/c1-5-6-9(2)7-10(3)11(8-12)13-4/h5-7,11H,2H2,1,3-4H3/b6-5-,10-7+. The summed E-state index contributed by atoms with van der Waals surface area (Å²) in [5.41, 5.74) is 1.74. The molecule has 0 aromatic carbocycles. The van der Waals surface area contributed by atoms with Crippen LogP contribution >= 0.6 is 0 Å².